The molecule has 3 unspecified atom stereocenters. The number of carbonyl (C=O) groups excluding carboxylic acids is 3. The van der Waals surface area contributed by atoms with Crippen LogP contribution in [0.2, 0.25) is 0 Å². The number of aromatic amines is 3. The SMILES string of the molecule is O=C1/C2=C(/c3c(F)c(F)c(F)c(F)c3F)c3ccc([nH]3)C3C(=O)/C(=C(/c4c(F)c(F)c(F)c(F)c4F)c4ccc([nH]4)C4C(=O)/C(=C(/c5c(F)c(F)c(F)c(F)c5F)c5ccc([nH]5)C1c1ccccc12)c1ccccc14)c1ccccc13. The lowest BCUT2D eigenvalue weighted by molar-refractivity contribution is -0.114. The molecule has 12 bridgehead atoms. The number of fused-ring (bicyclic) bond motifs is 24. The van der Waals surface area contributed by atoms with Crippen molar-refractivity contribution in [2.24, 2.45) is 0 Å². The standard InChI is InChI=1S/C60H24F15N3O3/c61-43-40(44(62)50(68)55(73)49(43)67)37-28-17-14-26(77-28)32-21-9-3-6-12-24(21)36(60(32)81)39(42-47(65)53(71)57(75)54(72)48(42)66)30-18-15-27(78-30)33-20-8-2-5-11-23(20)35(59(33)80)38(41-45(63)51(69)56(74)52(70)46(41)64)29-16-13-25(76-29)31-19-7-1-4-10-22(19)34(37)58(31)79/h1-18,31-33,76-78H/b37-34+,38-35+,39-36+. The van der Waals surface area contributed by atoms with E-state index in [1.807, 2.05) is 0 Å². The number of hydrogen-bond acceptors (Lipinski definition) is 3. The summed E-state index contributed by atoms with van der Waals surface area (Å²) >= 11 is 0. The minimum Gasteiger partial charge on any atom is -0.357 e. The number of rotatable bonds is 3. The number of H-pyrrole nitrogens is 3. The molecule has 4 heterocycles. The number of Topliss-reactive ketones (excluding diaryl/α,β-unsaturated/α-hetero) is 3. The molecule has 6 nitrogen and oxygen atoms in total. The van der Waals surface area contributed by atoms with Crippen LogP contribution >= 0.6 is 0 Å². The lowest BCUT2D eigenvalue weighted by atomic mass is 9.91. The van der Waals surface area contributed by atoms with Crippen molar-refractivity contribution in [2.45, 2.75) is 17.8 Å². The second-order valence-corrected chi connectivity index (χ2v) is 19.2. The van der Waals surface area contributed by atoms with Gasteiger partial charge in [-0.25, -0.2) is 65.9 Å². The van der Waals surface area contributed by atoms with Crippen molar-refractivity contribution in [3.05, 3.63) is 281 Å². The Morgan fingerprint density at radius 3 is 0.691 bits per heavy atom. The van der Waals surface area contributed by atoms with Crippen molar-refractivity contribution in [2.75, 3.05) is 0 Å². The van der Waals surface area contributed by atoms with E-state index in [1.165, 1.54) is 72.8 Å². The summed E-state index contributed by atoms with van der Waals surface area (Å²) in [6.45, 7) is 0. The summed E-state index contributed by atoms with van der Waals surface area (Å²) in [5.41, 5.74) is -13.8. The fourth-order valence-corrected chi connectivity index (χ4v) is 11.7. The van der Waals surface area contributed by atoms with Crippen LogP contribution < -0.4 is 0 Å². The van der Waals surface area contributed by atoms with E-state index in [-0.39, 0.29) is 50.5 Å². The average molecular weight is 1120 g/mol. The maximum absolute atomic E-state index is 16.5. The lowest BCUT2D eigenvalue weighted by Gasteiger charge is -2.16. The summed E-state index contributed by atoms with van der Waals surface area (Å²) < 4.78 is 236. The summed E-state index contributed by atoms with van der Waals surface area (Å²) in [7, 11) is 0. The Bertz CT molecular complexity index is 3980. The van der Waals surface area contributed by atoms with Crippen molar-refractivity contribution >= 4 is 50.8 Å². The van der Waals surface area contributed by atoms with E-state index in [9.17, 15) is 13.2 Å². The Morgan fingerprint density at radius 2 is 0.457 bits per heavy atom. The second kappa shape index (κ2) is 17.9. The zero-order chi connectivity index (χ0) is 57.1. The van der Waals surface area contributed by atoms with Crippen molar-refractivity contribution in [3.63, 3.8) is 0 Å². The smallest absolute Gasteiger partial charge is 0.200 e. The van der Waals surface area contributed by atoms with Crippen LogP contribution in [0.5, 0.6) is 0 Å². The van der Waals surface area contributed by atoms with Gasteiger partial charge in [-0.15, -0.1) is 0 Å². The van der Waals surface area contributed by atoms with E-state index < -0.39 is 190 Å². The third kappa shape index (κ3) is 6.89. The van der Waals surface area contributed by atoms with Crippen LogP contribution in [0, 0.1) is 87.3 Å². The monoisotopic (exact) mass is 1120 g/mol. The number of hydrogen-bond donors (Lipinski definition) is 3. The summed E-state index contributed by atoms with van der Waals surface area (Å²) in [4.78, 5) is 54.6. The minimum absolute atomic E-state index is 0.0492. The third-order valence-corrected chi connectivity index (χ3v) is 15.1. The van der Waals surface area contributed by atoms with Crippen LogP contribution in [0.1, 0.15) is 102 Å². The number of allylic oxidation sites excluding steroid dienone is 3. The molecule has 402 valence electrons. The summed E-state index contributed by atoms with van der Waals surface area (Å²) in [5, 5.41) is 0. The molecule has 0 amide bonds. The van der Waals surface area contributed by atoms with Crippen molar-refractivity contribution in [1.29, 1.82) is 0 Å². The lowest BCUT2D eigenvalue weighted by Crippen LogP contribution is -2.14. The first-order valence-corrected chi connectivity index (χ1v) is 24.0. The van der Waals surface area contributed by atoms with E-state index in [0.29, 0.717) is 0 Å². The number of aromatic nitrogens is 3. The zero-order valence-corrected chi connectivity index (χ0v) is 40.0. The van der Waals surface area contributed by atoms with E-state index in [1.54, 1.807) is 0 Å². The van der Waals surface area contributed by atoms with E-state index in [0.717, 1.165) is 36.4 Å². The predicted octanol–water partition coefficient (Wildman–Crippen LogP) is 14.1. The van der Waals surface area contributed by atoms with Crippen molar-refractivity contribution < 1.29 is 80.2 Å². The largest absolute Gasteiger partial charge is 0.357 e. The Labute approximate surface area is 443 Å². The first kappa shape index (κ1) is 50.8. The van der Waals surface area contributed by atoms with Gasteiger partial charge in [0.15, 0.2) is 87.2 Å². The molecule has 9 aromatic rings. The number of carbonyl (C=O) groups is 3. The predicted molar refractivity (Wildman–Crippen MR) is 259 cm³/mol. The molecule has 0 spiro atoms. The van der Waals surface area contributed by atoms with Gasteiger partial charge in [-0.05, 0) is 69.8 Å². The molecular formula is C60H24F15N3O3. The number of ketones is 3. The molecule has 6 aromatic carbocycles. The molecule has 0 radical (unpaired) electrons. The third-order valence-electron chi connectivity index (χ3n) is 15.1. The molecule has 0 saturated heterocycles. The molecule has 81 heavy (non-hydrogen) atoms. The normalized spacial score (nSPS) is 20.0. The molecule has 21 heteroatoms. The molecule has 3 atom stereocenters. The summed E-state index contributed by atoms with van der Waals surface area (Å²) in [6.07, 6.45) is 0. The molecule has 0 fully saturated rings. The van der Waals surface area contributed by atoms with Gasteiger partial charge in [-0.2, -0.15) is 0 Å². The van der Waals surface area contributed by atoms with Crippen LogP contribution in [0.25, 0.3) is 33.4 Å². The topological polar surface area (TPSA) is 98.6 Å². The Hall–Kier alpha value is -9.66. The summed E-state index contributed by atoms with van der Waals surface area (Å²) in [5.74, 6) is -45.9. The molecule has 0 saturated carbocycles. The highest BCUT2D eigenvalue weighted by atomic mass is 19.2. The molecule has 4 aliphatic rings. The van der Waals surface area contributed by atoms with Gasteiger partial charge in [0.05, 0.1) is 34.4 Å². The highest BCUT2D eigenvalue weighted by molar-refractivity contribution is 6.38. The van der Waals surface area contributed by atoms with Gasteiger partial charge in [0.25, 0.3) is 0 Å². The van der Waals surface area contributed by atoms with Crippen LogP contribution in [0.15, 0.2) is 109 Å². The van der Waals surface area contributed by atoms with E-state index in [2.05, 4.69) is 15.0 Å². The second-order valence-electron chi connectivity index (χ2n) is 19.2. The fourth-order valence-electron chi connectivity index (χ4n) is 11.7. The van der Waals surface area contributed by atoms with Crippen LogP contribution in [-0.4, -0.2) is 32.3 Å². The van der Waals surface area contributed by atoms with Crippen LogP contribution in [0.4, 0.5) is 65.9 Å². The number of benzene rings is 6. The van der Waals surface area contributed by atoms with Crippen LogP contribution in [0.3, 0.4) is 0 Å². The quantitative estimate of drug-likeness (QED) is 0.0934. The maximum Gasteiger partial charge on any atom is 0.200 e. The molecule has 13 rings (SSSR count). The fraction of sp³-hybridized carbons (Fsp3) is 0.0500. The van der Waals surface area contributed by atoms with Gasteiger partial charge < -0.3 is 15.0 Å². The van der Waals surface area contributed by atoms with Gasteiger partial charge in [-0.1, -0.05) is 72.8 Å². The van der Waals surface area contributed by atoms with E-state index in [4.69, 9.17) is 0 Å². The van der Waals surface area contributed by atoms with Gasteiger partial charge >= 0.3 is 0 Å². The van der Waals surface area contributed by atoms with Crippen LogP contribution in [-0.2, 0) is 14.4 Å². The van der Waals surface area contributed by atoms with E-state index >= 15 is 67.1 Å². The first-order valence-electron chi connectivity index (χ1n) is 24.0. The maximum atomic E-state index is 16.5. The molecule has 3 N–H and O–H groups in total. The highest BCUT2D eigenvalue weighted by Gasteiger charge is 2.47. The number of nitrogens with one attached hydrogen (secondary N) is 3. The highest BCUT2D eigenvalue weighted by Crippen LogP contribution is 2.53. The van der Waals surface area contributed by atoms with Gasteiger partial charge in [-0.3, -0.25) is 14.4 Å². The van der Waals surface area contributed by atoms with Gasteiger partial charge in [0.2, 0.25) is 17.5 Å². The molecule has 3 aromatic heterocycles. The van der Waals surface area contributed by atoms with Crippen molar-refractivity contribution in [3.8, 4) is 0 Å². The molecular weight excluding hydrogens is 1100 g/mol. The Kier molecular flexibility index (Phi) is 11.2. The molecule has 3 aliphatic carbocycles. The minimum atomic E-state index is -2.59. The Balaban J connectivity index is 1.19. The zero-order valence-electron chi connectivity index (χ0n) is 40.0. The summed E-state index contributed by atoms with van der Waals surface area (Å²) in [6, 6.07) is 22.1. The van der Waals surface area contributed by atoms with Gasteiger partial charge in [0.1, 0.15) is 0 Å². The van der Waals surface area contributed by atoms with Crippen molar-refractivity contribution in [1.82, 2.24) is 15.0 Å². The Morgan fingerprint density at radius 1 is 0.247 bits per heavy atom. The number of halogens is 15. The average Bonchev–Trinajstić information content (AvgIpc) is 4.56. The van der Waals surface area contributed by atoms with Gasteiger partial charge in [0, 0.05) is 67.6 Å². The first-order chi connectivity index (χ1) is 38.7. The molecule has 1 aliphatic heterocycles.